The maximum atomic E-state index is 14.0. The van der Waals surface area contributed by atoms with Gasteiger partial charge in [-0.25, -0.2) is 4.39 Å². The second kappa shape index (κ2) is 7.29. The van der Waals surface area contributed by atoms with Crippen molar-refractivity contribution < 1.29 is 4.39 Å². The normalized spacial score (nSPS) is 18.2. The van der Waals surface area contributed by atoms with E-state index in [0.29, 0.717) is 0 Å². The second-order valence-electron chi connectivity index (χ2n) is 4.35. The summed E-state index contributed by atoms with van der Waals surface area (Å²) in [7, 11) is 0. The average Bonchev–Trinajstić information content (AvgIpc) is 2.37. The highest BCUT2D eigenvalue weighted by molar-refractivity contribution is 6.30. The third kappa shape index (κ3) is 3.35. The number of halogens is 3. The minimum Gasteiger partial charge on any atom is -0.314 e. The number of nitrogens with zero attached hydrogens (tertiary/aromatic N) is 1. The van der Waals surface area contributed by atoms with Gasteiger partial charge in [0.2, 0.25) is 0 Å². The quantitative estimate of drug-likeness (QED) is 0.920. The van der Waals surface area contributed by atoms with Crippen LogP contribution in [0, 0.1) is 5.82 Å². The highest BCUT2D eigenvalue weighted by Crippen LogP contribution is 2.29. The van der Waals surface area contributed by atoms with Gasteiger partial charge < -0.3 is 5.32 Å². The number of benzene rings is 1. The van der Waals surface area contributed by atoms with Gasteiger partial charge in [-0.15, -0.1) is 12.4 Å². The predicted molar refractivity (Wildman–Crippen MR) is 76.1 cm³/mol. The summed E-state index contributed by atoms with van der Waals surface area (Å²) in [4.78, 5) is 2.32. The van der Waals surface area contributed by atoms with Crippen LogP contribution in [0.3, 0.4) is 0 Å². The first-order valence-corrected chi connectivity index (χ1v) is 6.50. The molecule has 5 heteroatoms. The number of rotatable bonds is 3. The Morgan fingerprint density at radius 2 is 2.06 bits per heavy atom. The molecule has 0 aliphatic carbocycles. The lowest BCUT2D eigenvalue weighted by Crippen LogP contribution is -2.45. The fourth-order valence-corrected chi connectivity index (χ4v) is 2.63. The van der Waals surface area contributed by atoms with Gasteiger partial charge in [0.1, 0.15) is 5.82 Å². The minimum atomic E-state index is -0.264. The Bertz CT molecular complexity index is 381. The van der Waals surface area contributed by atoms with E-state index in [9.17, 15) is 4.39 Å². The maximum Gasteiger partial charge on any atom is 0.146 e. The van der Waals surface area contributed by atoms with Crippen molar-refractivity contribution in [2.75, 3.05) is 26.2 Å². The van der Waals surface area contributed by atoms with Crippen LogP contribution in [0.5, 0.6) is 0 Å². The lowest BCUT2D eigenvalue weighted by atomic mass is 10.0. The Kier molecular flexibility index (Phi) is 6.36. The smallest absolute Gasteiger partial charge is 0.146 e. The van der Waals surface area contributed by atoms with E-state index in [1.165, 1.54) is 0 Å². The predicted octanol–water partition coefficient (Wildman–Crippen LogP) is 3.26. The monoisotopic (exact) mass is 292 g/mol. The van der Waals surface area contributed by atoms with E-state index in [1.54, 1.807) is 6.07 Å². The van der Waals surface area contributed by atoms with Crippen LogP contribution < -0.4 is 5.32 Å². The Balaban J connectivity index is 0.00000162. The molecule has 0 aromatic heterocycles. The van der Waals surface area contributed by atoms with E-state index in [2.05, 4.69) is 17.1 Å². The fraction of sp³-hybridized carbons (Fsp3) is 0.538. The van der Waals surface area contributed by atoms with E-state index in [1.807, 2.05) is 12.1 Å². The maximum absolute atomic E-state index is 14.0. The van der Waals surface area contributed by atoms with Gasteiger partial charge in [-0.3, -0.25) is 4.90 Å². The third-order valence-corrected chi connectivity index (χ3v) is 3.61. The largest absolute Gasteiger partial charge is 0.314 e. The molecular formula is C13H19Cl2FN2. The van der Waals surface area contributed by atoms with Crippen molar-refractivity contribution in [3.8, 4) is 0 Å². The molecule has 1 aromatic rings. The summed E-state index contributed by atoms with van der Waals surface area (Å²) in [6.45, 7) is 5.96. The van der Waals surface area contributed by atoms with Gasteiger partial charge in [-0.1, -0.05) is 30.7 Å². The van der Waals surface area contributed by atoms with Crippen LogP contribution in [-0.2, 0) is 0 Å². The number of nitrogens with one attached hydrogen (secondary N) is 1. The molecule has 2 rings (SSSR count). The molecule has 1 N–H and O–H groups in total. The Morgan fingerprint density at radius 1 is 1.39 bits per heavy atom. The van der Waals surface area contributed by atoms with Gasteiger partial charge >= 0.3 is 0 Å². The molecule has 102 valence electrons. The highest BCUT2D eigenvalue weighted by atomic mass is 35.5. The van der Waals surface area contributed by atoms with Crippen LogP contribution in [0.1, 0.15) is 24.9 Å². The minimum absolute atomic E-state index is 0. The lowest BCUT2D eigenvalue weighted by molar-refractivity contribution is 0.166. The molecule has 1 aromatic carbocycles. The summed E-state index contributed by atoms with van der Waals surface area (Å²) in [6.07, 6.45) is 0.900. The van der Waals surface area contributed by atoms with Crippen LogP contribution in [0.25, 0.3) is 0 Å². The lowest BCUT2D eigenvalue weighted by Gasteiger charge is -2.34. The molecule has 0 unspecified atom stereocenters. The van der Waals surface area contributed by atoms with Gasteiger partial charge in [0, 0.05) is 37.8 Å². The standard InChI is InChI=1S/C13H18ClFN2.ClH/c1-2-12(17-8-6-16-7-9-17)10-4-3-5-11(14)13(10)15;/h3-5,12,16H,2,6-9H2,1H3;1H/t12-;/m0./s1. The molecule has 0 amide bonds. The summed E-state index contributed by atoms with van der Waals surface area (Å²) >= 11 is 5.85. The van der Waals surface area contributed by atoms with Gasteiger partial charge in [0.15, 0.2) is 0 Å². The van der Waals surface area contributed by atoms with Crippen molar-refractivity contribution in [2.24, 2.45) is 0 Å². The molecule has 1 atom stereocenters. The van der Waals surface area contributed by atoms with Crippen LogP contribution in [-0.4, -0.2) is 31.1 Å². The number of hydrogen-bond acceptors (Lipinski definition) is 2. The van der Waals surface area contributed by atoms with Crippen molar-refractivity contribution in [3.05, 3.63) is 34.6 Å². The SMILES string of the molecule is CC[C@@H](c1cccc(Cl)c1F)N1CCNCC1.Cl. The first kappa shape index (κ1) is 15.7. The van der Waals surface area contributed by atoms with Crippen LogP contribution in [0.4, 0.5) is 4.39 Å². The fourth-order valence-electron chi connectivity index (χ4n) is 2.45. The van der Waals surface area contributed by atoms with E-state index in [0.717, 1.165) is 38.2 Å². The van der Waals surface area contributed by atoms with Gasteiger partial charge in [-0.2, -0.15) is 0 Å². The van der Waals surface area contributed by atoms with Gasteiger partial charge in [-0.05, 0) is 12.5 Å². The molecule has 1 aliphatic heterocycles. The first-order valence-electron chi connectivity index (χ1n) is 6.12. The zero-order valence-corrected chi connectivity index (χ0v) is 12.0. The van der Waals surface area contributed by atoms with Gasteiger partial charge in [0.05, 0.1) is 5.02 Å². The Hall–Kier alpha value is -0.350. The van der Waals surface area contributed by atoms with Crippen molar-refractivity contribution in [3.63, 3.8) is 0 Å². The molecule has 2 nitrogen and oxygen atoms in total. The summed E-state index contributed by atoms with van der Waals surface area (Å²) in [5, 5.41) is 3.53. The summed E-state index contributed by atoms with van der Waals surface area (Å²) in [5.74, 6) is -0.264. The van der Waals surface area contributed by atoms with Crippen LogP contribution >= 0.6 is 24.0 Å². The van der Waals surface area contributed by atoms with E-state index < -0.39 is 0 Å². The molecule has 0 spiro atoms. The summed E-state index contributed by atoms with van der Waals surface area (Å²) < 4.78 is 14.0. The van der Waals surface area contributed by atoms with Crippen molar-refractivity contribution in [1.29, 1.82) is 0 Å². The molecule has 18 heavy (non-hydrogen) atoms. The number of hydrogen-bond donors (Lipinski definition) is 1. The first-order chi connectivity index (χ1) is 8.24. The molecule has 1 fully saturated rings. The zero-order chi connectivity index (χ0) is 12.3. The zero-order valence-electron chi connectivity index (χ0n) is 10.5. The van der Waals surface area contributed by atoms with Crippen LogP contribution in [0.15, 0.2) is 18.2 Å². The molecule has 0 bridgehead atoms. The topological polar surface area (TPSA) is 15.3 Å². The van der Waals surface area contributed by atoms with E-state index in [4.69, 9.17) is 11.6 Å². The molecule has 0 radical (unpaired) electrons. The molecule has 1 saturated heterocycles. The van der Waals surface area contributed by atoms with E-state index >= 15 is 0 Å². The van der Waals surface area contributed by atoms with Crippen molar-refractivity contribution in [2.45, 2.75) is 19.4 Å². The van der Waals surface area contributed by atoms with E-state index in [-0.39, 0.29) is 29.3 Å². The summed E-state index contributed by atoms with van der Waals surface area (Å²) in [6, 6.07) is 5.41. The summed E-state index contributed by atoms with van der Waals surface area (Å²) in [5.41, 5.74) is 0.724. The molecule has 1 aliphatic rings. The number of piperazine rings is 1. The highest BCUT2D eigenvalue weighted by Gasteiger charge is 2.23. The molecular weight excluding hydrogens is 274 g/mol. The van der Waals surface area contributed by atoms with Crippen molar-refractivity contribution in [1.82, 2.24) is 10.2 Å². The molecule has 0 saturated carbocycles. The second-order valence-corrected chi connectivity index (χ2v) is 4.76. The van der Waals surface area contributed by atoms with Crippen LogP contribution in [0.2, 0.25) is 5.02 Å². The Morgan fingerprint density at radius 3 is 2.67 bits per heavy atom. The third-order valence-electron chi connectivity index (χ3n) is 3.32. The average molecular weight is 293 g/mol. The molecule has 1 heterocycles. The van der Waals surface area contributed by atoms with Crippen molar-refractivity contribution >= 4 is 24.0 Å². The van der Waals surface area contributed by atoms with Gasteiger partial charge in [0.25, 0.3) is 0 Å². The Labute approximate surface area is 119 Å².